The Bertz CT molecular complexity index is 209. The summed E-state index contributed by atoms with van der Waals surface area (Å²) in [5.74, 6) is 0.638. The summed E-state index contributed by atoms with van der Waals surface area (Å²) in [5, 5.41) is 0. The topological polar surface area (TPSA) is 32.8 Å². The molecule has 15 heavy (non-hydrogen) atoms. The Balaban J connectivity index is 2.37. The van der Waals surface area contributed by atoms with E-state index in [4.69, 9.17) is 4.74 Å². The van der Waals surface area contributed by atoms with Crippen molar-refractivity contribution >= 4 is 6.03 Å². The van der Waals surface area contributed by atoms with Gasteiger partial charge in [0.1, 0.15) is 0 Å². The van der Waals surface area contributed by atoms with Gasteiger partial charge in [-0.1, -0.05) is 6.92 Å². The molecule has 0 aromatic rings. The summed E-state index contributed by atoms with van der Waals surface area (Å²) in [4.78, 5) is 15.6. The number of nitrogens with zero attached hydrogens (tertiary/aromatic N) is 2. The van der Waals surface area contributed by atoms with E-state index in [0.717, 1.165) is 19.5 Å². The maximum Gasteiger partial charge on any atom is 0.319 e. The van der Waals surface area contributed by atoms with Gasteiger partial charge in [-0.15, -0.1) is 0 Å². The van der Waals surface area contributed by atoms with E-state index in [9.17, 15) is 4.79 Å². The van der Waals surface area contributed by atoms with E-state index < -0.39 is 0 Å². The van der Waals surface area contributed by atoms with Crippen LogP contribution < -0.4 is 0 Å². The summed E-state index contributed by atoms with van der Waals surface area (Å²) in [5.41, 5.74) is 0. The highest BCUT2D eigenvalue weighted by molar-refractivity contribution is 5.74. The van der Waals surface area contributed by atoms with Crippen LogP contribution in [-0.4, -0.2) is 56.2 Å². The number of carbonyl (C=O) groups excluding carboxylic acids is 1. The average molecular weight is 214 g/mol. The fourth-order valence-corrected chi connectivity index (χ4v) is 1.93. The van der Waals surface area contributed by atoms with Crippen molar-refractivity contribution in [1.29, 1.82) is 0 Å². The van der Waals surface area contributed by atoms with Gasteiger partial charge in [0.2, 0.25) is 0 Å². The minimum atomic E-state index is 0.138. The predicted molar refractivity (Wildman–Crippen MR) is 59.9 cm³/mol. The molecule has 0 aromatic heterocycles. The molecule has 0 aliphatic carbocycles. The molecule has 88 valence electrons. The Morgan fingerprint density at radius 2 is 2.33 bits per heavy atom. The van der Waals surface area contributed by atoms with E-state index >= 15 is 0 Å². The highest BCUT2D eigenvalue weighted by Crippen LogP contribution is 2.16. The van der Waals surface area contributed by atoms with Gasteiger partial charge in [0.05, 0.1) is 6.61 Å². The lowest BCUT2D eigenvalue weighted by Crippen LogP contribution is -2.46. The lowest BCUT2D eigenvalue weighted by Gasteiger charge is -2.33. The molecule has 0 aromatic carbocycles. The van der Waals surface area contributed by atoms with Crippen molar-refractivity contribution in [2.24, 2.45) is 5.92 Å². The Morgan fingerprint density at radius 1 is 1.60 bits per heavy atom. The number of carbonyl (C=O) groups is 1. The molecule has 1 fully saturated rings. The van der Waals surface area contributed by atoms with Crippen LogP contribution in [0.25, 0.3) is 0 Å². The van der Waals surface area contributed by atoms with Crippen LogP contribution in [0.4, 0.5) is 4.79 Å². The third kappa shape index (κ3) is 3.70. The van der Waals surface area contributed by atoms with Crippen LogP contribution in [0.2, 0.25) is 0 Å². The van der Waals surface area contributed by atoms with Crippen LogP contribution in [0.1, 0.15) is 19.8 Å². The zero-order valence-corrected chi connectivity index (χ0v) is 10.0. The van der Waals surface area contributed by atoms with E-state index in [0.29, 0.717) is 19.1 Å². The van der Waals surface area contributed by atoms with Crippen molar-refractivity contribution in [3.05, 3.63) is 0 Å². The summed E-state index contributed by atoms with van der Waals surface area (Å²) in [7, 11) is 3.49. The molecular formula is C11H22N2O2. The van der Waals surface area contributed by atoms with Crippen LogP contribution >= 0.6 is 0 Å². The molecule has 1 aliphatic heterocycles. The molecule has 1 saturated heterocycles. The van der Waals surface area contributed by atoms with Crippen molar-refractivity contribution in [2.45, 2.75) is 19.8 Å². The molecule has 0 spiro atoms. The molecule has 0 N–H and O–H groups in total. The number of hydrogen-bond donors (Lipinski definition) is 0. The van der Waals surface area contributed by atoms with Gasteiger partial charge in [0, 0.05) is 33.8 Å². The first-order valence-corrected chi connectivity index (χ1v) is 5.64. The van der Waals surface area contributed by atoms with Crippen molar-refractivity contribution in [1.82, 2.24) is 9.80 Å². The summed E-state index contributed by atoms with van der Waals surface area (Å²) in [6.45, 7) is 5.27. The maximum absolute atomic E-state index is 11.9. The van der Waals surface area contributed by atoms with Crippen molar-refractivity contribution in [2.75, 3.05) is 40.4 Å². The van der Waals surface area contributed by atoms with Crippen molar-refractivity contribution < 1.29 is 9.53 Å². The third-order valence-electron chi connectivity index (χ3n) is 2.88. The molecule has 1 heterocycles. The quantitative estimate of drug-likeness (QED) is 0.711. The monoisotopic (exact) mass is 214 g/mol. The number of hydrogen-bond acceptors (Lipinski definition) is 2. The molecule has 1 aliphatic rings. The maximum atomic E-state index is 11.9. The number of urea groups is 1. The van der Waals surface area contributed by atoms with E-state index in [-0.39, 0.29) is 6.03 Å². The van der Waals surface area contributed by atoms with Crippen molar-refractivity contribution in [3.63, 3.8) is 0 Å². The second-order valence-corrected chi connectivity index (χ2v) is 4.39. The molecular weight excluding hydrogens is 192 g/mol. The third-order valence-corrected chi connectivity index (χ3v) is 2.88. The van der Waals surface area contributed by atoms with Gasteiger partial charge in [-0.05, 0) is 18.8 Å². The molecule has 0 radical (unpaired) electrons. The predicted octanol–water partition coefficient (Wildman–Crippen LogP) is 1.42. The largest absolute Gasteiger partial charge is 0.383 e. The van der Waals surface area contributed by atoms with Crippen LogP contribution in [0.15, 0.2) is 0 Å². The Labute approximate surface area is 92.2 Å². The van der Waals surface area contributed by atoms with Crippen molar-refractivity contribution in [3.8, 4) is 0 Å². The van der Waals surface area contributed by atoms with Gasteiger partial charge < -0.3 is 14.5 Å². The fourth-order valence-electron chi connectivity index (χ4n) is 1.93. The fraction of sp³-hybridized carbons (Fsp3) is 0.909. The SMILES string of the molecule is COCCN(C)C(=O)N1CCCC(C)C1. The lowest BCUT2D eigenvalue weighted by molar-refractivity contribution is 0.121. The summed E-state index contributed by atoms with van der Waals surface area (Å²) < 4.78 is 4.96. The Morgan fingerprint density at radius 3 is 2.93 bits per heavy atom. The average Bonchev–Trinajstić information content (AvgIpc) is 2.24. The number of likely N-dealkylation sites (tertiary alicyclic amines) is 1. The second kappa shape index (κ2) is 5.95. The summed E-state index contributed by atoms with van der Waals surface area (Å²) in [6, 6.07) is 0.138. The van der Waals surface area contributed by atoms with Gasteiger partial charge in [-0.2, -0.15) is 0 Å². The van der Waals surface area contributed by atoms with Crippen LogP contribution in [-0.2, 0) is 4.74 Å². The normalized spacial score (nSPS) is 21.5. The van der Waals surface area contributed by atoms with Crippen LogP contribution in [0.5, 0.6) is 0 Å². The molecule has 2 amide bonds. The van der Waals surface area contributed by atoms with Gasteiger partial charge >= 0.3 is 6.03 Å². The Hall–Kier alpha value is -0.770. The number of piperidine rings is 1. The van der Waals surface area contributed by atoms with Gasteiger partial charge in [-0.25, -0.2) is 4.79 Å². The van der Waals surface area contributed by atoms with E-state index in [1.165, 1.54) is 6.42 Å². The number of methoxy groups -OCH3 is 1. The second-order valence-electron chi connectivity index (χ2n) is 4.39. The Kier molecular flexibility index (Phi) is 4.88. The number of rotatable bonds is 3. The number of amides is 2. The molecule has 1 unspecified atom stereocenters. The smallest absolute Gasteiger partial charge is 0.319 e. The minimum absolute atomic E-state index is 0.138. The first-order chi connectivity index (χ1) is 7.15. The van der Waals surface area contributed by atoms with Gasteiger partial charge in [0.15, 0.2) is 0 Å². The number of ether oxygens (including phenoxy) is 1. The van der Waals surface area contributed by atoms with Gasteiger partial charge in [-0.3, -0.25) is 0 Å². The number of likely N-dealkylation sites (N-methyl/N-ethyl adjacent to an activating group) is 1. The van der Waals surface area contributed by atoms with E-state index in [1.54, 1.807) is 12.0 Å². The molecule has 1 rings (SSSR count). The molecule has 4 nitrogen and oxygen atoms in total. The first-order valence-electron chi connectivity index (χ1n) is 5.64. The molecule has 1 atom stereocenters. The first kappa shape index (κ1) is 12.3. The zero-order valence-electron chi connectivity index (χ0n) is 10.0. The molecule has 0 bridgehead atoms. The summed E-state index contributed by atoms with van der Waals surface area (Å²) in [6.07, 6.45) is 2.37. The highest BCUT2D eigenvalue weighted by atomic mass is 16.5. The molecule has 4 heteroatoms. The van der Waals surface area contributed by atoms with Crippen LogP contribution in [0.3, 0.4) is 0 Å². The summed E-state index contributed by atoms with van der Waals surface area (Å²) >= 11 is 0. The van der Waals surface area contributed by atoms with E-state index in [1.807, 2.05) is 11.9 Å². The zero-order chi connectivity index (χ0) is 11.3. The highest BCUT2D eigenvalue weighted by Gasteiger charge is 2.22. The minimum Gasteiger partial charge on any atom is -0.383 e. The standard InChI is InChI=1S/C11H22N2O2/c1-10-5-4-6-13(9-10)11(14)12(2)7-8-15-3/h10H,4-9H2,1-3H3. The van der Waals surface area contributed by atoms with Crippen LogP contribution in [0, 0.1) is 5.92 Å². The van der Waals surface area contributed by atoms with Gasteiger partial charge in [0.25, 0.3) is 0 Å². The molecule has 0 saturated carbocycles. The van der Waals surface area contributed by atoms with E-state index in [2.05, 4.69) is 6.92 Å². The lowest BCUT2D eigenvalue weighted by atomic mass is 10.0.